The number of alkyl halides is 1. The van der Waals surface area contributed by atoms with E-state index in [0.29, 0.717) is 11.9 Å². The largest absolute Gasteiger partial charge is 0.497 e. The van der Waals surface area contributed by atoms with E-state index in [-0.39, 0.29) is 0 Å². The number of halogens is 1. The van der Waals surface area contributed by atoms with Gasteiger partial charge in [0.05, 0.1) is 12.4 Å². The lowest BCUT2D eigenvalue weighted by atomic mass is 10.2. The Hall–Kier alpha value is -1.14. The lowest BCUT2D eigenvalue weighted by Gasteiger charge is -2.01. The molecule has 0 unspecified atom stereocenters. The number of rotatable bonds is 3. The van der Waals surface area contributed by atoms with Crippen LogP contribution in [0.25, 0.3) is 0 Å². The molecule has 0 spiro atoms. The van der Waals surface area contributed by atoms with E-state index >= 15 is 0 Å². The van der Waals surface area contributed by atoms with E-state index in [1.165, 1.54) is 0 Å². The molecule has 1 aromatic carbocycles. The molecule has 0 radical (unpaired) electrons. The van der Waals surface area contributed by atoms with Gasteiger partial charge in [-0.2, -0.15) is 0 Å². The van der Waals surface area contributed by atoms with E-state index in [4.69, 9.17) is 9.47 Å². The molecule has 0 saturated heterocycles. The molecule has 1 aromatic rings. The van der Waals surface area contributed by atoms with Gasteiger partial charge in [0, 0.05) is 0 Å². The molecule has 0 saturated carbocycles. The van der Waals surface area contributed by atoms with E-state index in [2.05, 4.69) is 28.0 Å². The molecule has 0 aromatic heterocycles. The van der Waals surface area contributed by atoms with Crippen LogP contribution in [0, 0.1) is 12.0 Å². The van der Waals surface area contributed by atoms with Crippen molar-refractivity contribution in [1.29, 1.82) is 0 Å². The van der Waals surface area contributed by atoms with Crippen molar-refractivity contribution in [2.24, 2.45) is 0 Å². The Kier molecular flexibility index (Phi) is 4.95. The Labute approximate surface area is 92.3 Å². The van der Waals surface area contributed by atoms with Gasteiger partial charge < -0.3 is 9.47 Å². The van der Waals surface area contributed by atoms with Crippen LogP contribution >= 0.6 is 15.9 Å². The lowest BCUT2D eigenvalue weighted by molar-refractivity contribution is 0.264. The highest BCUT2D eigenvalue weighted by molar-refractivity contribution is 9.09. The summed E-state index contributed by atoms with van der Waals surface area (Å²) >= 11 is 3.18. The van der Waals surface area contributed by atoms with Crippen LogP contribution in [0.5, 0.6) is 5.75 Å². The zero-order valence-electron chi connectivity index (χ0n) is 7.92. The fraction of sp³-hybridized carbons (Fsp3) is 0.273. The van der Waals surface area contributed by atoms with Crippen molar-refractivity contribution in [3.8, 4) is 17.8 Å². The average molecular weight is 255 g/mol. The Morgan fingerprint density at radius 3 is 2.57 bits per heavy atom. The number of ether oxygens (including phenoxy) is 2. The molecule has 0 heterocycles. The minimum atomic E-state index is 0.504. The number of benzene rings is 1. The topological polar surface area (TPSA) is 18.5 Å². The predicted octanol–water partition coefficient (Wildman–Crippen LogP) is 2.57. The first-order valence-electron chi connectivity index (χ1n) is 4.15. The molecule has 0 fully saturated rings. The van der Waals surface area contributed by atoms with Gasteiger partial charge in [-0.15, -0.1) is 0 Å². The summed E-state index contributed by atoms with van der Waals surface area (Å²) in [6, 6.07) is 7.70. The molecule has 2 nitrogen and oxygen atoms in total. The third-order valence-electron chi connectivity index (χ3n) is 1.61. The maximum atomic E-state index is 5.10. The van der Waals surface area contributed by atoms with Gasteiger partial charge in [-0.05, 0) is 23.6 Å². The second-order valence-electron chi connectivity index (χ2n) is 2.55. The molecule has 74 valence electrons. The first-order valence-corrected chi connectivity index (χ1v) is 5.27. The molecule has 0 aliphatic heterocycles. The molecular weight excluding hydrogens is 244 g/mol. The zero-order valence-corrected chi connectivity index (χ0v) is 9.50. The Morgan fingerprint density at radius 1 is 1.29 bits per heavy atom. The van der Waals surface area contributed by atoms with Crippen LogP contribution in [0.1, 0.15) is 5.56 Å². The molecule has 0 atom stereocenters. The SMILES string of the molecule is COc1ccc(COC#CCBr)cc1. The summed E-state index contributed by atoms with van der Waals surface area (Å²) < 4.78 is 10.1. The van der Waals surface area contributed by atoms with E-state index < -0.39 is 0 Å². The van der Waals surface area contributed by atoms with Crippen molar-refractivity contribution in [2.45, 2.75) is 6.61 Å². The summed E-state index contributed by atoms with van der Waals surface area (Å²) in [4.78, 5) is 0. The Bertz CT molecular complexity index is 321. The van der Waals surface area contributed by atoms with Crippen molar-refractivity contribution < 1.29 is 9.47 Å². The third-order valence-corrected chi connectivity index (χ3v) is 1.89. The highest BCUT2D eigenvalue weighted by Gasteiger charge is 1.92. The van der Waals surface area contributed by atoms with Crippen LogP contribution in [-0.4, -0.2) is 12.4 Å². The first-order chi connectivity index (χ1) is 6.86. The van der Waals surface area contributed by atoms with Gasteiger partial charge in [0.2, 0.25) is 0 Å². The van der Waals surface area contributed by atoms with Crippen LogP contribution in [0.4, 0.5) is 0 Å². The monoisotopic (exact) mass is 254 g/mol. The highest BCUT2D eigenvalue weighted by Crippen LogP contribution is 2.11. The van der Waals surface area contributed by atoms with Crippen LogP contribution in [-0.2, 0) is 11.3 Å². The second-order valence-corrected chi connectivity index (χ2v) is 3.11. The summed E-state index contributed by atoms with van der Waals surface area (Å²) in [5.41, 5.74) is 1.08. The molecule has 0 aliphatic rings. The molecule has 14 heavy (non-hydrogen) atoms. The maximum Gasteiger partial charge on any atom is 0.125 e. The summed E-state index contributed by atoms with van der Waals surface area (Å²) in [5, 5.41) is 0.635. The molecule has 3 heteroatoms. The number of hydrogen-bond acceptors (Lipinski definition) is 2. The third kappa shape index (κ3) is 3.71. The summed E-state index contributed by atoms with van der Waals surface area (Å²) in [7, 11) is 1.65. The van der Waals surface area contributed by atoms with Crippen molar-refractivity contribution in [3.63, 3.8) is 0 Å². The van der Waals surface area contributed by atoms with Crippen molar-refractivity contribution in [3.05, 3.63) is 29.8 Å². The average Bonchev–Trinajstić information content (AvgIpc) is 2.25. The minimum Gasteiger partial charge on any atom is -0.497 e. The first kappa shape index (κ1) is 10.9. The van der Waals surface area contributed by atoms with Crippen molar-refractivity contribution >= 4 is 15.9 Å². The quantitative estimate of drug-likeness (QED) is 0.610. The molecule has 1 rings (SSSR count). The second kappa shape index (κ2) is 6.33. The molecule has 0 amide bonds. The number of methoxy groups -OCH3 is 1. The van der Waals surface area contributed by atoms with Gasteiger partial charge in [-0.25, -0.2) is 0 Å². The van der Waals surface area contributed by atoms with E-state index in [9.17, 15) is 0 Å². The Balaban J connectivity index is 2.43. The predicted molar refractivity (Wildman–Crippen MR) is 59.4 cm³/mol. The van der Waals surface area contributed by atoms with Gasteiger partial charge in [-0.1, -0.05) is 28.1 Å². The zero-order chi connectivity index (χ0) is 10.2. The fourth-order valence-electron chi connectivity index (χ4n) is 0.919. The van der Waals surface area contributed by atoms with E-state index in [0.717, 1.165) is 11.3 Å². The van der Waals surface area contributed by atoms with E-state index in [1.54, 1.807) is 7.11 Å². The molecule has 0 N–H and O–H groups in total. The van der Waals surface area contributed by atoms with Crippen molar-refractivity contribution in [1.82, 2.24) is 0 Å². The van der Waals surface area contributed by atoms with Crippen LogP contribution in [0.2, 0.25) is 0 Å². The van der Waals surface area contributed by atoms with Crippen molar-refractivity contribution in [2.75, 3.05) is 12.4 Å². The van der Waals surface area contributed by atoms with Gasteiger partial charge in [0.25, 0.3) is 0 Å². The fourth-order valence-corrected chi connectivity index (χ4v) is 1.03. The van der Waals surface area contributed by atoms with Crippen LogP contribution in [0.15, 0.2) is 24.3 Å². The summed E-state index contributed by atoms with van der Waals surface area (Å²) in [6.45, 7) is 0.504. The summed E-state index contributed by atoms with van der Waals surface area (Å²) in [6.07, 6.45) is 2.58. The number of hydrogen-bond donors (Lipinski definition) is 0. The lowest BCUT2D eigenvalue weighted by Crippen LogP contribution is -1.88. The highest BCUT2D eigenvalue weighted by atomic mass is 79.9. The molecule has 0 aliphatic carbocycles. The molecule has 0 bridgehead atoms. The van der Waals surface area contributed by atoms with Crippen LogP contribution < -0.4 is 4.74 Å². The maximum absolute atomic E-state index is 5.10. The molecular formula is C11H11BrO2. The van der Waals surface area contributed by atoms with Gasteiger partial charge in [-0.3, -0.25) is 0 Å². The Morgan fingerprint density at radius 2 is 2.00 bits per heavy atom. The normalized spacial score (nSPS) is 8.71. The standard InChI is InChI=1S/C11H11BrO2/c1-13-11-5-3-10(4-6-11)9-14-8-2-7-12/h3-6H,7,9H2,1H3. The van der Waals surface area contributed by atoms with Gasteiger partial charge in [0.15, 0.2) is 0 Å². The van der Waals surface area contributed by atoms with Gasteiger partial charge in [0.1, 0.15) is 18.5 Å². The smallest absolute Gasteiger partial charge is 0.125 e. The van der Waals surface area contributed by atoms with E-state index in [1.807, 2.05) is 24.3 Å². The van der Waals surface area contributed by atoms with Crippen LogP contribution in [0.3, 0.4) is 0 Å². The minimum absolute atomic E-state index is 0.504. The van der Waals surface area contributed by atoms with Gasteiger partial charge >= 0.3 is 0 Å². The summed E-state index contributed by atoms with van der Waals surface area (Å²) in [5.74, 6) is 3.61.